The molecule has 0 heterocycles. The Kier molecular flexibility index (Phi) is 4.77. The van der Waals surface area contributed by atoms with Gasteiger partial charge in [0.05, 0.1) is 17.3 Å². The van der Waals surface area contributed by atoms with E-state index in [1.165, 1.54) is 5.56 Å². The van der Waals surface area contributed by atoms with Crippen LogP contribution in [0.4, 0.5) is 5.69 Å². The van der Waals surface area contributed by atoms with Gasteiger partial charge in [0.2, 0.25) is 0 Å². The second-order valence-electron chi connectivity index (χ2n) is 3.11. The van der Waals surface area contributed by atoms with Gasteiger partial charge in [0.25, 0.3) is 0 Å². The van der Waals surface area contributed by atoms with Crippen LogP contribution in [0.25, 0.3) is 0 Å². The number of aryl methyl sites for hydroxylation is 1. The number of nitrogens with one attached hydrogen (secondary N) is 1. The van der Waals surface area contributed by atoms with Gasteiger partial charge in [-0.15, -0.1) is 0 Å². The van der Waals surface area contributed by atoms with E-state index in [2.05, 4.69) is 5.32 Å². The summed E-state index contributed by atoms with van der Waals surface area (Å²) in [5.41, 5.74) is 2.18. The van der Waals surface area contributed by atoms with Crippen LogP contribution in [0.5, 0.6) is 0 Å². The van der Waals surface area contributed by atoms with Gasteiger partial charge in [-0.1, -0.05) is 17.7 Å². The highest BCUT2D eigenvalue weighted by molar-refractivity contribution is 6.33. The fourth-order valence-corrected chi connectivity index (χ4v) is 1.36. The van der Waals surface area contributed by atoms with E-state index in [0.717, 1.165) is 23.9 Å². The van der Waals surface area contributed by atoms with Crippen LogP contribution in [0.1, 0.15) is 12.5 Å². The van der Waals surface area contributed by atoms with E-state index in [4.69, 9.17) is 16.3 Å². The molecule has 0 spiro atoms. The number of ether oxygens (including phenoxy) is 1. The van der Waals surface area contributed by atoms with Crippen LogP contribution in [0.3, 0.4) is 0 Å². The summed E-state index contributed by atoms with van der Waals surface area (Å²) in [5, 5.41) is 3.99. The van der Waals surface area contributed by atoms with Gasteiger partial charge in [-0.05, 0) is 31.5 Å². The SMILES string of the molecule is CCOCCNc1cc(C)ccc1Cl. The number of hydrogen-bond donors (Lipinski definition) is 1. The third kappa shape index (κ3) is 3.56. The first-order valence-electron chi connectivity index (χ1n) is 4.82. The molecule has 0 aliphatic carbocycles. The zero-order valence-electron chi connectivity index (χ0n) is 8.64. The number of benzene rings is 1. The molecule has 0 radical (unpaired) electrons. The van der Waals surface area contributed by atoms with Crippen molar-refractivity contribution in [3.05, 3.63) is 28.8 Å². The Labute approximate surface area is 90.2 Å². The topological polar surface area (TPSA) is 21.3 Å². The number of rotatable bonds is 5. The van der Waals surface area contributed by atoms with Crippen molar-refractivity contribution >= 4 is 17.3 Å². The van der Waals surface area contributed by atoms with Crippen molar-refractivity contribution in [3.8, 4) is 0 Å². The maximum Gasteiger partial charge on any atom is 0.0638 e. The summed E-state index contributed by atoms with van der Waals surface area (Å²) in [6.45, 7) is 6.28. The highest BCUT2D eigenvalue weighted by Gasteiger charge is 1.98. The molecule has 14 heavy (non-hydrogen) atoms. The minimum Gasteiger partial charge on any atom is -0.382 e. The minimum absolute atomic E-state index is 0.709. The monoisotopic (exact) mass is 213 g/mol. The summed E-state index contributed by atoms with van der Waals surface area (Å²) < 4.78 is 5.22. The Morgan fingerprint density at radius 1 is 1.43 bits per heavy atom. The van der Waals surface area contributed by atoms with Crippen molar-refractivity contribution in [2.75, 3.05) is 25.1 Å². The van der Waals surface area contributed by atoms with Crippen LogP contribution >= 0.6 is 11.6 Å². The van der Waals surface area contributed by atoms with E-state index in [1.54, 1.807) is 0 Å². The van der Waals surface area contributed by atoms with Crippen molar-refractivity contribution in [2.24, 2.45) is 0 Å². The zero-order chi connectivity index (χ0) is 10.4. The molecule has 3 heteroatoms. The Morgan fingerprint density at radius 2 is 2.21 bits per heavy atom. The van der Waals surface area contributed by atoms with Crippen LogP contribution in [0, 0.1) is 6.92 Å². The Balaban J connectivity index is 2.45. The summed E-state index contributed by atoms with van der Waals surface area (Å²) >= 11 is 6.01. The highest BCUT2D eigenvalue weighted by atomic mass is 35.5. The molecular formula is C11H16ClNO. The van der Waals surface area contributed by atoms with Gasteiger partial charge in [0, 0.05) is 13.2 Å². The van der Waals surface area contributed by atoms with E-state index in [0.29, 0.717) is 6.61 Å². The molecule has 0 atom stereocenters. The lowest BCUT2D eigenvalue weighted by Crippen LogP contribution is -2.09. The molecule has 0 unspecified atom stereocenters. The summed E-state index contributed by atoms with van der Waals surface area (Å²) in [6, 6.07) is 5.93. The van der Waals surface area contributed by atoms with Crippen LogP contribution in [0.2, 0.25) is 5.02 Å². The molecular weight excluding hydrogens is 198 g/mol. The molecule has 0 amide bonds. The molecule has 0 saturated carbocycles. The van der Waals surface area contributed by atoms with E-state index in [9.17, 15) is 0 Å². The second-order valence-corrected chi connectivity index (χ2v) is 3.51. The van der Waals surface area contributed by atoms with Gasteiger partial charge in [-0.25, -0.2) is 0 Å². The van der Waals surface area contributed by atoms with E-state index >= 15 is 0 Å². The van der Waals surface area contributed by atoms with Crippen molar-refractivity contribution in [3.63, 3.8) is 0 Å². The number of anilines is 1. The Hall–Kier alpha value is -0.730. The normalized spacial score (nSPS) is 10.2. The molecule has 1 rings (SSSR count). The smallest absolute Gasteiger partial charge is 0.0638 e. The summed E-state index contributed by atoms with van der Waals surface area (Å²) in [5.74, 6) is 0. The lowest BCUT2D eigenvalue weighted by molar-refractivity contribution is 0.158. The van der Waals surface area contributed by atoms with Gasteiger partial charge in [-0.3, -0.25) is 0 Å². The first-order chi connectivity index (χ1) is 6.74. The third-order valence-corrected chi connectivity index (χ3v) is 2.22. The second kappa shape index (κ2) is 5.89. The lowest BCUT2D eigenvalue weighted by atomic mass is 10.2. The van der Waals surface area contributed by atoms with Crippen molar-refractivity contribution < 1.29 is 4.74 Å². The number of hydrogen-bond acceptors (Lipinski definition) is 2. The summed E-state index contributed by atoms with van der Waals surface area (Å²) in [4.78, 5) is 0. The standard InChI is InChI=1S/C11H16ClNO/c1-3-14-7-6-13-11-8-9(2)4-5-10(11)12/h4-5,8,13H,3,6-7H2,1-2H3. The predicted octanol–water partition coefficient (Wildman–Crippen LogP) is 3.10. The van der Waals surface area contributed by atoms with Crippen molar-refractivity contribution in [2.45, 2.75) is 13.8 Å². The quantitative estimate of drug-likeness (QED) is 0.759. The predicted molar refractivity (Wildman–Crippen MR) is 61.2 cm³/mol. The zero-order valence-corrected chi connectivity index (χ0v) is 9.40. The van der Waals surface area contributed by atoms with Gasteiger partial charge in [-0.2, -0.15) is 0 Å². The molecule has 0 bridgehead atoms. The minimum atomic E-state index is 0.709. The Morgan fingerprint density at radius 3 is 2.93 bits per heavy atom. The molecule has 0 aliphatic rings. The summed E-state index contributed by atoms with van der Waals surface area (Å²) in [6.07, 6.45) is 0. The van der Waals surface area contributed by atoms with Gasteiger partial charge < -0.3 is 10.1 Å². The third-order valence-electron chi connectivity index (χ3n) is 1.89. The van der Waals surface area contributed by atoms with Gasteiger partial charge in [0.15, 0.2) is 0 Å². The van der Waals surface area contributed by atoms with Crippen molar-refractivity contribution in [1.82, 2.24) is 0 Å². The van der Waals surface area contributed by atoms with E-state index < -0.39 is 0 Å². The van der Waals surface area contributed by atoms with Crippen LogP contribution in [0.15, 0.2) is 18.2 Å². The van der Waals surface area contributed by atoms with Crippen LogP contribution in [-0.2, 0) is 4.74 Å². The molecule has 0 aliphatic heterocycles. The average molecular weight is 214 g/mol. The number of halogens is 1. The Bertz CT molecular complexity index is 289. The average Bonchev–Trinajstić information content (AvgIpc) is 2.18. The maximum atomic E-state index is 6.01. The van der Waals surface area contributed by atoms with Crippen LogP contribution in [-0.4, -0.2) is 19.8 Å². The molecule has 2 nitrogen and oxygen atoms in total. The van der Waals surface area contributed by atoms with Crippen molar-refractivity contribution in [1.29, 1.82) is 0 Å². The molecule has 1 aromatic rings. The molecule has 0 fully saturated rings. The maximum absolute atomic E-state index is 6.01. The fourth-order valence-electron chi connectivity index (χ4n) is 1.18. The van der Waals surface area contributed by atoms with E-state index in [-0.39, 0.29) is 0 Å². The molecule has 78 valence electrons. The molecule has 1 N–H and O–H groups in total. The fraction of sp³-hybridized carbons (Fsp3) is 0.455. The molecule has 0 saturated heterocycles. The van der Waals surface area contributed by atoms with Crippen LogP contribution < -0.4 is 5.32 Å². The van der Waals surface area contributed by atoms with Gasteiger partial charge in [0.1, 0.15) is 0 Å². The molecule has 1 aromatic carbocycles. The van der Waals surface area contributed by atoms with Gasteiger partial charge >= 0.3 is 0 Å². The summed E-state index contributed by atoms with van der Waals surface area (Å²) in [7, 11) is 0. The van der Waals surface area contributed by atoms with E-state index in [1.807, 2.05) is 32.0 Å². The first-order valence-corrected chi connectivity index (χ1v) is 5.19. The largest absolute Gasteiger partial charge is 0.382 e. The highest BCUT2D eigenvalue weighted by Crippen LogP contribution is 2.22. The molecule has 0 aromatic heterocycles. The first kappa shape index (κ1) is 11.3. The lowest BCUT2D eigenvalue weighted by Gasteiger charge is -2.08.